The van der Waals surface area contributed by atoms with Crippen LogP contribution in [0.4, 0.5) is 4.79 Å². The Bertz CT molecular complexity index is 1030. The predicted octanol–water partition coefficient (Wildman–Crippen LogP) is 4.61. The van der Waals surface area contributed by atoms with Crippen molar-refractivity contribution < 1.29 is 14.3 Å². The number of rotatable bonds is 2. The van der Waals surface area contributed by atoms with Crippen LogP contribution < -0.4 is 10.1 Å². The maximum atomic E-state index is 11.1. The van der Waals surface area contributed by atoms with Gasteiger partial charge in [-0.25, -0.2) is 9.78 Å². The van der Waals surface area contributed by atoms with Gasteiger partial charge in [-0.2, -0.15) is 0 Å². The molecular formula is C23H19ClN2O3. The first-order valence-corrected chi connectivity index (χ1v) is 9.28. The van der Waals surface area contributed by atoms with E-state index in [1.165, 1.54) is 0 Å². The minimum Gasteiger partial charge on any atom is -0.497 e. The van der Waals surface area contributed by atoms with Crippen molar-refractivity contribution in [2.75, 3.05) is 13.7 Å². The monoisotopic (exact) mass is 406 g/mol. The summed E-state index contributed by atoms with van der Waals surface area (Å²) in [5, 5.41) is 3.16. The van der Waals surface area contributed by atoms with E-state index in [1.807, 2.05) is 54.6 Å². The highest BCUT2D eigenvalue weighted by atomic mass is 35.5. The quantitative estimate of drug-likeness (QED) is 0.498. The Labute approximate surface area is 174 Å². The molecule has 1 saturated heterocycles. The fraction of sp³-hybridized carbons (Fsp3) is 0.130. The molecule has 0 saturated carbocycles. The molecule has 1 fully saturated rings. The average molecular weight is 407 g/mol. The Kier molecular flexibility index (Phi) is 7.10. The van der Waals surface area contributed by atoms with Crippen LogP contribution >= 0.6 is 11.6 Å². The van der Waals surface area contributed by atoms with Gasteiger partial charge in [-0.05, 0) is 42.0 Å². The van der Waals surface area contributed by atoms with Crippen molar-refractivity contribution >= 4 is 17.7 Å². The van der Waals surface area contributed by atoms with Crippen LogP contribution in [-0.4, -0.2) is 24.8 Å². The van der Waals surface area contributed by atoms with Crippen molar-refractivity contribution in [3.63, 3.8) is 0 Å². The Morgan fingerprint density at radius 3 is 2.45 bits per heavy atom. The van der Waals surface area contributed by atoms with Gasteiger partial charge in [-0.3, -0.25) is 0 Å². The summed E-state index contributed by atoms with van der Waals surface area (Å²) < 4.78 is 9.81. The number of para-hydroxylation sites is 1. The minimum atomic E-state index is -0.386. The maximum absolute atomic E-state index is 11.1. The van der Waals surface area contributed by atoms with Gasteiger partial charge in [0, 0.05) is 17.3 Å². The topological polar surface area (TPSA) is 60.5 Å². The summed E-state index contributed by atoms with van der Waals surface area (Å²) in [5.41, 5.74) is 2.64. The van der Waals surface area contributed by atoms with Gasteiger partial charge in [-0.1, -0.05) is 53.8 Å². The molecule has 2 aromatic carbocycles. The maximum Gasteiger partial charge on any atom is 0.407 e. The number of amides is 1. The number of carbonyl (C=O) groups excluding carboxylic acids is 1. The third-order valence-corrected chi connectivity index (χ3v) is 4.23. The second-order valence-corrected chi connectivity index (χ2v) is 6.44. The van der Waals surface area contributed by atoms with Gasteiger partial charge >= 0.3 is 6.09 Å². The van der Waals surface area contributed by atoms with E-state index in [-0.39, 0.29) is 12.1 Å². The highest BCUT2D eigenvalue weighted by molar-refractivity contribution is 6.29. The molecule has 1 aliphatic rings. The molecule has 29 heavy (non-hydrogen) atoms. The lowest BCUT2D eigenvalue weighted by Gasteiger charge is -2.07. The van der Waals surface area contributed by atoms with Crippen molar-refractivity contribution in [1.29, 1.82) is 0 Å². The van der Waals surface area contributed by atoms with Crippen LogP contribution in [0.1, 0.15) is 22.7 Å². The second-order valence-electron chi connectivity index (χ2n) is 6.06. The number of benzene rings is 2. The molecule has 1 N–H and O–H groups in total. The third-order valence-electron chi connectivity index (χ3n) is 4.02. The lowest BCUT2D eigenvalue weighted by atomic mass is 10.0. The predicted molar refractivity (Wildman–Crippen MR) is 112 cm³/mol. The smallest absolute Gasteiger partial charge is 0.407 e. The Balaban J connectivity index is 0.000000252. The number of carbonyl (C=O) groups is 1. The summed E-state index contributed by atoms with van der Waals surface area (Å²) >= 11 is 5.82. The lowest BCUT2D eigenvalue weighted by Crippen LogP contribution is -2.18. The Hall–Kier alpha value is -3.49. The fourth-order valence-electron chi connectivity index (χ4n) is 2.58. The number of ether oxygens (including phenoxy) is 2. The highest BCUT2D eigenvalue weighted by Crippen LogP contribution is 2.19. The van der Waals surface area contributed by atoms with Crippen LogP contribution in [0.25, 0.3) is 0 Å². The van der Waals surface area contributed by atoms with Gasteiger partial charge in [0.25, 0.3) is 0 Å². The van der Waals surface area contributed by atoms with E-state index < -0.39 is 0 Å². The zero-order valence-electron chi connectivity index (χ0n) is 15.8. The van der Waals surface area contributed by atoms with Crippen molar-refractivity contribution in [2.45, 2.75) is 6.04 Å². The van der Waals surface area contributed by atoms with E-state index in [0.29, 0.717) is 11.8 Å². The second kappa shape index (κ2) is 10.2. The number of nitrogens with zero attached hydrogens (tertiary/aromatic N) is 1. The van der Waals surface area contributed by atoms with Gasteiger partial charge in [0.15, 0.2) is 0 Å². The summed E-state index contributed by atoms with van der Waals surface area (Å²) in [4.78, 5) is 15.0. The number of aromatic nitrogens is 1. The largest absolute Gasteiger partial charge is 0.497 e. The van der Waals surface area contributed by atoms with E-state index in [4.69, 9.17) is 21.1 Å². The Morgan fingerprint density at radius 2 is 1.83 bits per heavy atom. The molecule has 0 aliphatic carbocycles. The van der Waals surface area contributed by atoms with Gasteiger partial charge in [-0.15, -0.1) is 0 Å². The van der Waals surface area contributed by atoms with Crippen LogP contribution in [0.5, 0.6) is 5.75 Å². The number of nitrogens with one attached hydrogen (secondary N) is 1. The van der Waals surface area contributed by atoms with Gasteiger partial charge < -0.3 is 14.8 Å². The molecule has 0 spiro atoms. The van der Waals surface area contributed by atoms with Crippen LogP contribution in [-0.2, 0) is 4.74 Å². The average Bonchev–Trinajstić information content (AvgIpc) is 3.20. The third kappa shape index (κ3) is 6.27. The van der Waals surface area contributed by atoms with Crippen LogP contribution in [0.15, 0.2) is 72.9 Å². The van der Waals surface area contributed by atoms with Gasteiger partial charge in [0.1, 0.15) is 17.5 Å². The molecule has 0 bridgehead atoms. The van der Waals surface area contributed by atoms with E-state index in [9.17, 15) is 4.79 Å². The van der Waals surface area contributed by atoms with E-state index in [1.54, 1.807) is 25.4 Å². The van der Waals surface area contributed by atoms with Gasteiger partial charge in [0.2, 0.25) is 0 Å². The molecule has 5 nitrogen and oxygen atoms in total. The lowest BCUT2D eigenvalue weighted by molar-refractivity contribution is 0.177. The van der Waals surface area contributed by atoms with Crippen LogP contribution in [0, 0.1) is 11.8 Å². The zero-order valence-corrected chi connectivity index (χ0v) is 16.5. The zero-order chi connectivity index (χ0) is 20.5. The molecule has 2 heterocycles. The molecule has 1 aromatic heterocycles. The number of hydrogen-bond acceptors (Lipinski definition) is 4. The highest BCUT2D eigenvalue weighted by Gasteiger charge is 2.23. The minimum absolute atomic E-state index is 0.116. The van der Waals surface area contributed by atoms with Gasteiger partial charge in [0.05, 0.1) is 13.2 Å². The molecule has 1 amide bonds. The molecular weight excluding hydrogens is 388 g/mol. The first kappa shape index (κ1) is 20.2. The van der Waals surface area contributed by atoms with Crippen LogP contribution in [0.3, 0.4) is 0 Å². The fourth-order valence-corrected chi connectivity index (χ4v) is 2.75. The number of pyridine rings is 1. The van der Waals surface area contributed by atoms with Crippen molar-refractivity contribution in [1.82, 2.24) is 10.3 Å². The van der Waals surface area contributed by atoms with E-state index in [2.05, 4.69) is 22.1 Å². The van der Waals surface area contributed by atoms with Crippen LogP contribution in [0.2, 0.25) is 5.15 Å². The molecule has 0 radical (unpaired) electrons. The first-order valence-electron chi connectivity index (χ1n) is 8.90. The summed E-state index contributed by atoms with van der Waals surface area (Å²) in [7, 11) is 1.66. The molecule has 0 unspecified atom stereocenters. The molecule has 146 valence electrons. The van der Waals surface area contributed by atoms with Crippen molar-refractivity contribution in [2.24, 2.45) is 0 Å². The summed E-state index contributed by atoms with van der Waals surface area (Å²) in [6, 6.07) is 20.8. The standard InChI is InChI=1S/C16H11ClN2O2.C7H8O/c17-15-9-12(6-7-18-15)5-4-11-2-1-3-13(8-11)14-10-21-16(20)19-14;1-8-7-5-3-2-4-6-7/h1-3,6-9,14H,10H2,(H,19,20);2-6H,1H3/t14-;/m0./s1. The summed E-state index contributed by atoms with van der Waals surface area (Å²) in [6.45, 7) is 0.343. The molecule has 4 rings (SSSR count). The van der Waals surface area contributed by atoms with E-state index >= 15 is 0 Å². The number of hydrogen-bond donors (Lipinski definition) is 1. The normalized spacial score (nSPS) is 14.4. The SMILES string of the molecule is COc1ccccc1.O=C1N[C@H](c2cccc(C#Cc3ccnc(Cl)c3)c2)CO1. The van der Waals surface area contributed by atoms with E-state index in [0.717, 1.165) is 22.4 Å². The molecule has 3 aromatic rings. The van der Waals surface area contributed by atoms with Crippen molar-refractivity contribution in [3.05, 3.63) is 94.8 Å². The summed E-state index contributed by atoms with van der Waals surface area (Å²) in [5.74, 6) is 7.02. The van der Waals surface area contributed by atoms with Crippen molar-refractivity contribution in [3.8, 4) is 17.6 Å². The molecule has 1 atom stereocenters. The Morgan fingerprint density at radius 1 is 1.07 bits per heavy atom. The molecule has 6 heteroatoms. The number of cyclic esters (lactones) is 1. The number of halogens is 1. The summed E-state index contributed by atoms with van der Waals surface area (Å²) in [6.07, 6.45) is 1.23. The first-order chi connectivity index (χ1) is 14.1. The molecule has 1 aliphatic heterocycles. The number of alkyl carbamates (subject to hydrolysis) is 1. The number of methoxy groups -OCH3 is 1.